The van der Waals surface area contributed by atoms with Crippen molar-refractivity contribution in [3.63, 3.8) is 0 Å². The van der Waals surface area contributed by atoms with Gasteiger partial charge in [-0.1, -0.05) is 80.3 Å². The minimum Gasteiger partial charge on any atom is -0.455 e. The molecule has 208 valence electrons. The van der Waals surface area contributed by atoms with Crippen LogP contribution in [0.1, 0.15) is 71.5 Å². The zero-order valence-electron chi connectivity index (χ0n) is 24.7. The first kappa shape index (κ1) is 25.0. The van der Waals surface area contributed by atoms with Crippen molar-refractivity contribution >= 4 is 39.6 Å². The Morgan fingerprint density at radius 3 is 2.66 bits per heavy atom. The lowest BCUT2D eigenvalue weighted by molar-refractivity contribution is 0.599. The number of nitriles is 1. The quantitative estimate of drug-likeness (QED) is 0.196. The van der Waals surface area contributed by atoms with E-state index in [0.717, 1.165) is 52.0 Å². The minimum absolute atomic E-state index is 0.0997. The van der Waals surface area contributed by atoms with E-state index in [9.17, 15) is 5.26 Å². The summed E-state index contributed by atoms with van der Waals surface area (Å²) >= 11 is 0. The number of nitrogens with zero attached hydrogens (tertiary/aromatic N) is 2. The molecule has 3 heteroatoms. The van der Waals surface area contributed by atoms with Gasteiger partial charge in [-0.2, -0.15) is 5.26 Å². The van der Waals surface area contributed by atoms with Crippen molar-refractivity contribution in [2.75, 3.05) is 0 Å². The summed E-state index contributed by atoms with van der Waals surface area (Å²) in [6.07, 6.45) is 9.21. The Morgan fingerprint density at radius 1 is 0.886 bits per heavy atom. The van der Waals surface area contributed by atoms with Crippen molar-refractivity contribution in [2.45, 2.75) is 38.5 Å². The van der Waals surface area contributed by atoms with Crippen LogP contribution in [0.3, 0.4) is 0 Å². The van der Waals surface area contributed by atoms with E-state index in [2.05, 4.69) is 121 Å². The Kier molecular flexibility index (Phi) is 5.12. The highest BCUT2D eigenvalue weighted by molar-refractivity contribution is 5.99. The normalized spacial score (nSPS) is 15.4. The number of benzene rings is 4. The minimum atomic E-state index is -0.0997. The summed E-state index contributed by atoms with van der Waals surface area (Å²) in [5.74, 6) is 7.71. The highest BCUT2D eigenvalue weighted by Gasteiger charge is 2.36. The molecule has 0 bridgehead atoms. The molecule has 0 radical (unpaired) electrons. The van der Waals surface area contributed by atoms with Crippen LogP contribution in [0.25, 0.3) is 56.4 Å². The number of aromatic nitrogens is 1. The third kappa shape index (κ3) is 3.39. The Labute approximate surface area is 256 Å². The van der Waals surface area contributed by atoms with Gasteiger partial charge in [-0.25, -0.2) is 0 Å². The van der Waals surface area contributed by atoms with Gasteiger partial charge in [0.15, 0.2) is 0 Å². The lowest BCUT2D eigenvalue weighted by atomic mass is 9.82. The van der Waals surface area contributed by atoms with Gasteiger partial charge in [0.1, 0.15) is 11.3 Å². The van der Waals surface area contributed by atoms with Gasteiger partial charge in [-0.05, 0) is 83.1 Å². The van der Waals surface area contributed by atoms with Gasteiger partial charge < -0.3 is 8.98 Å². The molecule has 3 aliphatic carbocycles. The van der Waals surface area contributed by atoms with E-state index >= 15 is 0 Å². The van der Waals surface area contributed by atoms with Gasteiger partial charge in [0.25, 0.3) is 0 Å². The lowest BCUT2D eigenvalue weighted by Gasteiger charge is -2.21. The van der Waals surface area contributed by atoms with Gasteiger partial charge >= 0.3 is 0 Å². The molecule has 0 unspecified atom stereocenters. The van der Waals surface area contributed by atoms with Crippen LogP contribution in [0.4, 0.5) is 0 Å². The molecule has 0 N–H and O–H groups in total. The van der Waals surface area contributed by atoms with Crippen LogP contribution >= 0.6 is 0 Å². The average Bonchev–Trinajstić information content (AvgIpc) is 3.57. The Morgan fingerprint density at radius 2 is 1.75 bits per heavy atom. The summed E-state index contributed by atoms with van der Waals surface area (Å²) in [5.41, 5.74) is 14.4. The molecule has 0 aliphatic heterocycles. The molecule has 2 aromatic heterocycles. The second-order valence-electron chi connectivity index (χ2n) is 12.6. The van der Waals surface area contributed by atoms with E-state index in [1.807, 2.05) is 12.1 Å². The van der Waals surface area contributed by atoms with Gasteiger partial charge in [-0.3, -0.25) is 0 Å². The van der Waals surface area contributed by atoms with Crippen molar-refractivity contribution < 1.29 is 4.42 Å². The van der Waals surface area contributed by atoms with Crippen LogP contribution in [0.5, 0.6) is 0 Å². The molecule has 0 fully saturated rings. The Balaban J connectivity index is 1.26. The van der Waals surface area contributed by atoms with E-state index in [-0.39, 0.29) is 5.41 Å². The number of hydrogen-bond donors (Lipinski definition) is 0. The molecule has 44 heavy (non-hydrogen) atoms. The molecule has 4 aromatic carbocycles. The summed E-state index contributed by atoms with van der Waals surface area (Å²) in [6, 6.07) is 30.2. The molecular weight excluding hydrogens is 536 g/mol. The molecule has 3 nitrogen and oxygen atoms in total. The van der Waals surface area contributed by atoms with Crippen LogP contribution < -0.4 is 0 Å². The van der Waals surface area contributed by atoms with Crippen LogP contribution in [-0.2, 0) is 11.8 Å². The molecule has 3 aliphatic rings. The van der Waals surface area contributed by atoms with Crippen molar-refractivity contribution in [1.82, 2.24) is 4.57 Å². The van der Waals surface area contributed by atoms with E-state index < -0.39 is 0 Å². The maximum absolute atomic E-state index is 9.92. The van der Waals surface area contributed by atoms with Crippen molar-refractivity contribution in [3.05, 3.63) is 130 Å². The number of furan rings is 1. The first-order valence-corrected chi connectivity index (χ1v) is 15.3. The fraction of sp³-hybridized carbons (Fsp3) is 0.146. The highest BCUT2D eigenvalue weighted by Crippen LogP contribution is 2.50. The van der Waals surface area contributed by atoms with Gasteiger partial charge in [0.05, 0.1) is 28.4 Å². The second-order valence-corrected chi connectivity index (χ2v) is 12.6. The number of allylic oxidation sites excluding steroid dienone is 2. The maximum atomic E-state index is 9.92. The third-order valence-electron chi connectivity index (χ3n) is 9.78. The Bertz CT molecular complexity index is 2400. The zero-order chi connectivity index (χ0) is 29.6. The summed E-state index contributed by atoms with van der Waals surface area (Å²) < 4.78 is 9.02. The topological polar surface area (TPSA) is 41.9 Å². The fourth-order valence-electron chi connectivity index (χ4n) is 7.65. The summed E-state index contributed by atoms with van der Waals surface area (Å²) in [4.78, 5) is 0. The predicted octanol–water partition coefficient (Wildman–Crippen LogP) is 9.81. The first-order valence-electron chi connectivity index (χ1n) is 15.3. The molecule has 0 saturated heterocycles. The molecule has 6 aromatic rings. The molecule has 0 atom stereocenters. The number of rotatable bonds is 2. The van der Waals surface area contributed by atoms with Gasteiger partial charge in [0.2, 0.25) is 0 Å². The summed E-state index contributed by atoms with van der Waals surface area (Å²) in [6.45, 7) is 4.58. The number of para-hydroxylation sites is 1. The number of hydrogen-bond acceptors (Lipinski definition) is 2. The van der Waals surface area contributed by atoms with Crippen LogP contribution in [0.2, 0.25) is 0 Å². The SMILES string of the molecule is CC1(C)c2ccccc2-c2cc3c4c(oc3cc21)C=C(c1cc(C#N)ccc1-n1c2c(c3ccccc31)C=CCC2)CC#C4. The largest absolute Gasteiger partial charge is 0.455 e. The van der Waals surface area contributed by atoms with Crippen molar-refractivity contribution in [2.24, 2.45) is 0 Å². The molecule has 0 amide bonds. The molecule has 0 saturated carbocycles. The maximum Gasteiger partial charge on any atom is 0.144 e. The third-order valence-corrected chi connectivity index (χ3v) is 9.78. The van der Waals surface area contributed by atoms with E-state index in [1.54, 1.807) is 0 Å². The van der Waals surface area contributed by atoms with Crippen LogP contribution in [0.15, 0.2) is 89.4 Å². The average molecular weight is 565 g/mol. The van der Waals surface area contributed by atoms with Gasteiger partial charge in [0, 0.05) is 39.4 Å². The molecule has 0 spiro atoms. The standard InChI is InChI=1S/C41H28N2O/c1-41(2)34-15-6-3-11-27(34)32-22-33-30-14-9-10-26(21-39(30)44-40(33)23-35(32)41)31-20-25(24-42)18-19-38(31)43-36-16-7-4-12-28(36)29-13-5-8-17-37(29)43/h3-7,11-13,15-16,18-23H,8,10,17H2,1-2H3. The molecule has 2 heterocycles. The van der Waals surface area contributed by atoms with Gasteiger partial charge in [-0.15, -0.1) is 0 Å². The van der Waals surface area contributed by atoms with E-state index in [0.29, 0.717) is 12.0 Å². The van der Waals surface area contributed by atoms with Crippen molar-refractivity contribution in [3.8, 4) is 34.7 Å². The van der Waals surface area contributed by atoms with Crippen LogP contribution in [-0.4, -0.2) is 4.57 Å². The molecule has 9 rings (SSSR count). The van der Waals surface area contributed by atoms with Crippen molar-refractivity contribution in [1.29, 1.82) is 5.26 Å². The fourth-order valence-corrected chi connectivity index (χ4v) is 7.65. The first-order chi connectivity index (χ1) is 21.5. The summed E-state index contributed by atoms with van der Waals surface area (Å²) in [7, 11) is 0. The monoisotopic (exact) mass is 564 g/mol. The van der Waals surface area contributed by atoms with Crippen LogP contribution in [0, 0.1) is 23.2 Å². The zero-order valence-corrected chi connectivity index (χ0v) is 24.7. The highest BCUT2D eigenvalue weighted by atomic mass is 16.3. The molecular formula is C41H28N2O. The van der Waals surface area contributed by atoms with E-state index in [1.165, 1.54) is 44.4 Å². The number of fused-ring (bicyclic) bond motifs is 9. The smallest absolute Gasteiger partial charge is 0.144 e. The second kappa shape index (κ2) is 9.00. The summed E-state index contributed by atoms with van der Waals surface area (Å²) in [5, 5.41) is 12.2. The van der Waals surface area contributed by atoms with E-state index in [4.69, 9.17) is 4.42 Å². The lowest BCUT2D eigenvalue weighted by Crippen LogP contribution is -2.14. The predicted molar refractivity (Wildman–Crippen MR) is 178 cm³/mol. The Hall–Kier alpha value is -5.51.